The van der Waals surface area contributed by atoms with Crippen LogP contribution in [-0.2, 0) is 15.8 Å². The number of rotatable bonds is 4. The van der Waals surface area contributed by atoms with E-state index in [0.29, 0.717) is 10.8 Å². The van der Waals surface area contributed by atoms with Crippen molar-refractivity contribution >= 4 is 6.16 Å². The molecule has 0 spiro atoms. The first kappa shape index (κ1) is 24.5. The Morgan fingerprint density at radius 3 is 1.73 bits per heavy atom. The molecule has 0 amide bonds. The van der Waals surface area contributed by atoms with Gasteiger partial charge in [0, 0.05) is 7.11 Å². The second-order valence-corrected chi connectivity index (χ2v) is 10.8. The van der Waals surface area contributed by atoms with E-state index in [0.717, 1.165) is 20.0 Å². The highest BCUT2D eigenvalue weighted by Gasteiger charge is 2.35. The van der Waals surface area contributed by atoms with Gasteiger partial charge in [0.15, 0.2) is 0 Å². The van der Waals surface area contributed by atoms with E-state index >= 15 is 0 Å². The van der Waals surface area contributed by atoms with Crippen molar-refractivity contribution in [1.29, 1.82) is 0 Å². The first-order valence-corrected chi connectivity index (χ1v) is 9.25. The van der Waals surface area contributed by atoms with Crippen LogP contribution in [0.2, 0.25) is 0 Å². The highest BCUT2D eigenvalue weighted by atomic mass is 16.6. The predicted octanol–water partition coefficient (Wildman–Crippen LogP) is 4.09. The van der Waals surface area contributed by atoms with Gasteiger partial charge in [0.05, 0.1) is 0 Å². The molecule has 1 aromatic rings. The van der Waals surface area contributed by atoms with Gasteiger partial charge in [-0.15, -0.1) is 0 Å². The molecule has 0 aliphatic heterocycles. The van der Waals surface area contributed by atoms with Crippen LogP contribution >= 0.6 is 0 Å². The van der Waals surface area contributed by atoms with E-state index in [2.05, 4.69) is 102 Å². The summed E-state index contributed by atoms with van der Waals surface area (Å²) in [5.41, 5.74) is 0.946. The Labute approximate surface area is 160 Å². The van der Waals surface area contributed by atoms with E-state index in [1.54, 1.807) is 0 Å². The third-order valence-corrected chi connectivity index (χ3v) is 4.13. The normalized spacial score (nSPS) is 13.0. The van der Waals surface area contributed by atoms with Gasteiger partial charge in [-0.05, 0) is 51.4 Å². The van der Waals surface area contributed by atoms with E-state index in [9.17, 15) is 0 Å². The molecule has 0 atom stereocenters. The van der Waals surface area contributed by atoms with E-state index in [1.807, 2.05) is 0 Å². The van der Waals surface area contributed by atoms with Crippen LogP contribution in [0.4, 0.5) is 4.79 Å². The summed E-state index contributed by atoms with van der Waals surface area (Å²) in [6.07, 6.45) is 7.58. The van der Waals surface area contributed by atoms with Crippen molar-refractivity contribution in [3.8, 4) is 0 Å². The largest absolute Gasteiger partial charge is 0.553 e. The number of nitrogens with zero attached hydrogens (tertiary/aromatic N) is 2. The van der Waals surface area contributed by atoms with Gasteiger partial charge >= 0.3 is 0 Å². The molecule has 0 aliphatic rings. The summed E-state index contributed by atoms with van der Waals surface area (Å²) >= 11 is 0. The molecular formula is C21H40N2O3. The fourth-order valence-electron chi connectivity index (χ4n) is 3.85. The number of aromatic nitrogens is 2. The third kappa shape index (κ3) is 9.25. The Bertz CT molecular complexity index is 530. The molecule has 0 saturated heterocycles. The monoisotopic (exact) mass is 368 g/mol. The minimum Gasteiger partial charge on any atom is -0.553 e. The molecule has 5 heteroatoms. The fraction of sp³-hybridized carbons (Fsp3) is 0.810. The van der Waals surface area contributed by atoms with Gasteiger partial charge in [0.2, 0.25) is 6.33 Å². The molecule has 0 bridgehead atoms. The first-order chi connectivity index (χ1) is 11.4. The Kier molecular flexibility index (Phi) is 7.95. The minimum absolute atomic E-state index is 0.140. The summed E-state index contributed by atoms with van der Waals surface area (Å²) in [5.74, 6) is 0. The number of carbonyl (C=O) groups excluding carboxylic acids is 1. The number of ether oxygens (including phenoxy) is 1. The van der Waals surface area contributed by atoms with E-state index in [1.165, 1.54) is 0 Å². The maximum Gasteiger partial charge on any atom is 0.251 e. The second-order valence-electron chi connectivity index (χ2n) is 10.8. The molecule has 0 radical (unpaired) electrons. The van der Waals surface area contributed by atoms with Crippen molar-refractivity contribution in [2.24, 2.45) is 10.8 Å². The molecule has 0 N–H and O–H groups in total. The number of hydrogen-bond donors (Lipinski definition) is 0. The van der Waals surface area contributed by atoms with Gasteiger partial charge < -0.3 is 14.6 Å². The standard InChI is InChI=1S/C19H37N2.C2H4O3/c1-16(2,3)13-18(7,8)20-11-12-21(15-20)19(9,10)14-17(4,5)6;1-5-2(3)4/h11-12,15H,13-14H2,1-10H3;1H3,(H,3,4)/q+1;/p-1. The molecule has 0 unspecified atom stereocenters. The first-order valence-electron chi connectivity index (χ1n) is 9.25. The zero-order chi connectivity index (χ0) is 21.0. The second kappa shape index (κ2) is 8.45. The molecule has 1 rings (SSSR count). The Morgan fingerprint density at radius 2 is 1.38 bits per heavy atom. The van der Waals surface area contributed by atoms with Gasteiger partial charge in [-0.2, -0.15) is 0 Å². The summed E-state index contributed by atoms with van der Waals surface area (Å²) in [6.45, 7) is 23.2. The Balaban J connectivity index is 0.00000110. The number of methoxy groups -OCH3 is 1. The van der Waals surface area contributed by atoms with Crippen LogP contribution in [-0.4, -0.2) is 17.8 Å². The molecular weight excluding hydrogens is 328 g/mol. The molecule has 1 aromatic heterocycles. The highest BCUT2D eigenvalue weighted by molar-refractivity contribution is 5.53. The van der Waals surface area contributed by atoms with Crippen LogP contribution < -0.4 is 9.67 Å². The lowest BCUT2D eigenvalue weighted by molar-refractivity contribution is -0.760. The number of imidazole rings is 1. The van der Waals surface area contributed by atoms with E-state index < -0.39 is 6.16 Å². The Morgan fingerprint density at radius 1 is 0.962 bits per heavy atom. The average molecular weight is 369 g/mol. The smallest absolute Gasteiger partial charge is 0.251 e. The van der Waals surface area contributed by atoms with Crippen molar-refractivity contribution in [2.45, 2.75) is 93.2 Å². The minimum atomic E-state index is -1.50. The summed E-state index contributed by atoms with van der Waals surface area (Å²) < 4.78 is 8.31. The molecule has 0 saturated carbocycles. The van der Waals surface area contributed by atoms with Crippen LogP contribution in [0.15, 0.2) is 18.7 Å². The molecule has 0 fully saturated rings. The topological polar surface area (TPSA) is 58.2 Å². The van der Waals surface area contributed by atoms with Gasteiger partial charge in [0.1, 0.15) is 23.5 Å². The SMILES string of the molecule is CC(C)(C)CC(C)(C)n1cc[n+](C(C)(C)CC(C)(C)C)c1.COC(=O)[O-]. The molecule has 0 aromatic carbocycles. The summed E-state index contributed by atoms with van der Waals surface area (Å²) in [6, 6.07) is 0. The molecule has 26 heavy (non-hydrogen) atoms. The van der Waals surface area contributed by atoms with E-state index in [4.69, 9.17) is 9.90 Å². The van der Waals surface area contributed by atoms with Crippen LogP contribution in [0, 0.1) is 10.8 Å². The maximum atomic E-state index is 9.03. The summed E-state index contributed by atoms with van der Waals surface area (Å²) in [5, 5.41) is 9.03. The lowest BCUT2D eigenvalue weighted by Gasteiger charge is -2.31. The molecule has 5 nitrogen and oxygen atoms in total. The van der Waals surface area contributed by atoms with Crippen LogP contribution in [0.3, 0.4) is 0 Å². The third-order valence-electron chi connectivity index (χ3n) is 4.13. The molecule has 1 heterocycles. The average Bonchev–Trinajstić information content (AvgIpc) is 2.84. The van der Waals surface area contributed by atoms with E-state index in [-0.39, 0.29) is 11.1 Å². The van der Waals surface area contributed by atoms with Crippen molar-refractivity contribution in [2.75, 3.05) is 7.11 Å². The number of hydrogen-bond acceptors (Lipinski definition) is 3. The Hall–Kier alpha value is -1.52. The van der Waals surface area contributed by atoms with Crippen molar-refractivity contribution in [3.05, 3.63) is 18.7 Å². The van der Waals surface area contributed by atoms with Gasteiger partial charge in [-0.3, -0.25) is 0 Å². The zero-order valence-corrected chi connectivity index (χ0v) is 18.8. The van der Waals surface area contributed by atoms with Crippen molar-refractivity contribution < 1.29 is 19.2 Å². The lowest BCUT2D eigenvalue weighted by Crippen LogP contribution is -2.53. The molecule has 152 valence electrons. The quantitative estimate of drug-likeness (QED) is 0.594. The summed E-state index contributed by atoms with van der Waals surface area (Å²) in [4.78, 5) is 9.03. The fourth-order valence-corrected chi connectivity index (χ4v) is 3.85. The number of carboxylic acid groups (broad SMARTS) is 1. The maximum absolute atomic E-state index is 9.03. The van der Waals surface area contributed by atoms with Crippen LogP contribution in [0.5, 0.6) is 0 Å². The lowest BCUT2D eigenvalue weighted by atomic mass is 9.81. The number of carbonyl (C=O) groups is 1. The van der Waals surface area contributed by atoms with Crippen LogP contribution in [0.25, 0.3) is 0 Å². The van der Waals surface area contributed by atoms with Crippen molar-refractivity contribution in [3.63, 3.8) is 0 Å². The van der Waals surface area contributed by atoms with Gasteiger partial charge in [-0.1, -0.05) is 41.5 Å². The summed E-state index contributed by atoms with van der Waals surface area (Å²) in [7, 11) is 1.04. The zero-order valence-electron chi connectivity index (χ0n) is 18.8. The highest BCUT2D eigenvalue weighted by Crippen LogP contribution is 2.32. The predicted molar refractivity (Wildman–Crippen MR) is 104 cm³/mol. The molecule has 0 aliphatic carbocycles. The van der Waals surface area contributed by atoms with Crippen molar-refractivity contribution in [1.82, 2.24) is 4.57 Å². The van der Waals surface area contributed by atoms with Crippen LogP contribution in [0.1, 0.15) is 82.1 Å². The van der Waals surface area contributed by atoms with Gasteiger partial charge in [-0.25, -0.2) is 9.13 Å². The van der Waals surface area contributed by atoms with Gasteiger partial charge in [0.25, 0.3) is 6.16 Å².